The van der Waals surface area contributed by atoms with Crippen molar-refractivity contribution in [1.29, 1.82) is 0 Å². The van der Waals surface area contributed by atoms with Crippen molar-refractivity contribution in [3.8, 4) is 11.5 Å². The van der Waals surface area contributed by atoms with E-state index < -0.39 is 17.5 Å². The molecule has 0 aliphatic carbocycles. The topological polar surface area (TPSA) is 108 Å². The van der Waals surface area contributed by atoms with E-state index >= 15 is 0 Å². The van der Waals surface area contributed by atoms with Gasteiger partial charge in [-0.15, -0.1) is 0 Å². The Hall–Kier alpha value is -3.62. The predicted octanol–water partition coefficient (Wildman–Crippen LogP) is 2.57. The van der Waals surface area contributed by atoms with Crippen LogP contribution in [0.25, 0.3) is 0 Å². The summed E-state index contributed by atoms with van der Waals surface area (Å²) < 4.78 is 16.1. The summed E-state index contributed by atoms with van der Waals surface area (Å²) in [6, 6.07) is 10.5. The van der Waals surface area contributed by atoms with Crippen molar-refractivity contribution in [3.05, 3.63) is 63.7 Å². The molecule has 1 amide bonds. The van der Waals surface area contributed by atoms with Gasteiger partial charge in [0.1, 0.15) is 13.2 Å². The van der Waals surface area contributed by atoms with Crippen molar-refractivity contribution in [2.75, 3.05) is 26.4 Å². The van der Waals surface area contributed by atoms with Crippen LogP contribution in [0.1, 0.15) is 22.8 Å². The summed E-state index contributed by atoms with van der Waals surface area (Å²) in [7, 11) is 0. The van der Waals surface area contributed by atoms with Crippen molar-refractivity contribution >= 4 is 17.6 Å². The minimum Gasteiger partial charge on any atom is -0.486 e. The van der Waals surface area contributed by atoms with Crippen LogP contribution in [0.15, 0.2) is 42.5 Å². The number of amides is 1. The van der Waals surface area contributed by atoms with E-state index in [4.69, 9.17) is 14.2 Å². The van der Waals surface area contributed by atoms with Crippen molar-refractivity contribution < 1.29 is 28.7 Å². The zero-order chi connectivity index (χ0) is 20.8. The molecule has 1 aliphatic rings. The number of hydrogen-bond donors (Lipinski definition) is 0. The molecule has 29 heavy (non-hydrogen) atoms. The number of non-ortho nitro benzene ring substituents is 1. The van der Waals surface area contributed by atoms with E-state index in [0.717, 1.165) is 5.56 Å². The Morgan fingerprint density at radius 1 is 1.10 bits per heavy atom. The van der Waals surface area contributed by atoms with Crippen LogP contribution < -0.4 is 9.47 Å². The zero-order valence-electron chi connectivity index (χ0n) is 15.8. The molecule has 0 N–H and O–H groups in total. The highest BCUT2D eigenvalue weighted by Gasteiger charge is 2.18. The Balaban J connectivity index is 1.56. The lowest BCUT2D eigenvalue weighted by molar-refractivity contribution is -0.384. The normalized spacial score (nSPS) is 12.2. The summed E-state index contributed by atoms with van der Waals surface area (Å²) in [5.74, 6) is 0.245. The summed E-state index contributed by atoms with van der Waals surface area (Å²) in [6.07, 6.45) is 0. The van der Waals surface area contributed by atoms with Crippen LogP contribution in [0.4, 0.5) is 5.69 Å². The SMILES string of the molecule is CCN(Cc1ccc2c(c1)OCCO2)C(=O)COC(=O)c1ccc([N+](=O)[O-])cc1. The first-order chi connectivity index (χ1) is 14.0. The number of fused-ring (bicyclic) bond motifs is 1. The van der Waals surface area contributed by atoms with Crippen LogP contribution in [0, 0.1) is 10.1 Å². The number of rotatable bonds is 7. The van der Waals surface area contributed by atoms with E-state index in [9.17, 15) is 19.7 Å². The summed E-state index contributed by atoms with van der Waals surface area (Å²) in [4.78, 5) is 36.2. The van der Waals surface area contributed by atoms with Crippen LogP contribution in [0.3, 0.4) is 0 Å². The number of esters is 1. The third-order valence-corrected chi connectivity index (χ3v) is 4.36. The molecule has 2 aromatic carbocycles. The minimum atomic E-state index is -0.719. The molecule has 0 spiro atoms. The number of benzene rings is 2. The highest BCUT2D eigenvalue weighted by Crippen LogP contribution is 2.31. The van der Waals surface area contributed by atoms with Crippen molar-refractivity contribution in [1.82, 2.24) is 4.90 Å². The van der Waals surface area contributed by atoms with Crippen LogP contribution in [-0.2, 0) is 16.1 Å². The molecule has 0 saturated heterocycles. The molecule has 9 nitrogen and oxygen atoms in total. The predicted molar refractivity (Wildman–Crippen MR) is 102 cm³/mol. The van der Waals surface area contributed by atoms with E-state index in [1.165, 1.54) is 24.3 Å². The molecule has 2 aromatic rings. The van der Waals surface area contributed by atoms with Crippen molar-refractivity contribution in [2.24, 2.45) is 0 Å². The molecule has 0 fully saturated rings. The average molecular weight is 400 g/mol. The molecular weight excluding hydrogens is 380 g/mol. The van der Waals surface area contributed by atoms with Gasteiger partial charge in [-0.25, -0.2) is 4.79 Å². The quantitative estimate of drug-likeness (QED) is 0.399. The summed E-state index contributed by atoms with van der Waals surface area (Å²) in [5, 5.41) is 10.7. The molecule has 0 unspecified atom stereocenters. The third-order valence-electron chi connectivity index (χ3n) is 4.36. The molecule has 1 aliphatic heterocycles. The Kier molecular flexibility index (Phi) is 6.28. The second-order valence-electron chi connectivity index (χ2n) is 6.27. The maximum absolute atomic E-state index is 12.5. The number of nitro benzene ring substituents is 1. The van der Waals surface area contributed by atoms with Crippen molar-refractivity contribution in [3.63, 3.8) is 0 Å². The third kappa shape index (κ3) is 5.01. The first-order valence-electron chi connectivity index (χ1n) is 9.06. The zero-order valence-corrected chi connectivity index (χ0v) is 15.8. The maximum Gasteiger partial charge on any atom is 0.338 e. The highest BCUT2D eigenvalue weighted by atomic mass is 16.6. The van der Waals surface area contributed by atoms with E-state index in [-0.39, 0.29) is 17.2 Å². The Labute approximate surface area is 166 Å². The number of likely N-dealkylation sites (N-methyl/N-ethyl adjacent to an activating group) is 1. The lowest BCUT2D eigenvalue weighted by atomic mass is 10.1. The van der Waals surface area contributed by atoms with Gasteiger partial charge in [-0.05, 0) is 36.8 Å². The number of nitro groups is 1. The minimum absolute atomic E-state index is 0.130. The fourth-order valence-corrected chi connectivity index (χ4v) is 2.80. The average Bonchev–Trinajstić information content (AvgIpc) is 2.75. The van der Waals surface area contributed by atoms with Gasteiger partial charge in [0.05, 0.1) is 10.5 Å². The second-order valence-corrected chi connectivity index (χ2v) is 6.27. The molecule has 0 bridgehead atoms. The van der Waals surface area contributed by atoms with Gasteiger partial charge in [0.2, 0.25) is 0 Å². The van der Waals surface area contributed by atoms with E-state index in [0.29, 0.717) is 37.8 Å². The van der Waals surface area contributed by atoms with Gasteiger partial charge in [-0.2, -0.15) is 0 Å². The molecule has 0 aromatic heterocycles. The van der Waals surface area contributed by atoms with Crippen LogP contribution in [0.2, 0.25) is 0 Å². The van der Waals surface area contributed by atoms with Crippen LogP contribution >= 0.6 is 0 Å². The first-order valence-corrected chi connectivity index (χ1v) is 9.06. The van der Waals surface area contributed by atoms with Gasteiger partial charge in [-0.1, -0.05) is 6.07 Å². The highest BCUT2D eigenvalue weighted by molar-refractivity contribution is 5.91. The van der Waals surface area contributed by atoms with Gasteiger partial charge >= 0.3 is 5.97 Å². The van der Waals surface area contributed by atoms with Gasteiger partial charge in [-0.3, -0.25) is 14.9 Å². The Morgan fingerprint density at radius 3 is 2.45 bits per heavy atom. The fourth-order valence-electron chi connectivity index (χ4n) is 2.80. The standard InChI is InChI=1S/C20H20N2O7/c1-2-21(12-14-3-8-17-18(11-14)28-10-9-27-17)19(23)13-29-20(24)15-4-6-16(7-5-15)22(25)26/h3-8,11H,2,9-10,12-13H2,1H3. The summed E-state index contributed by atoms with van der Waals surface area (Å²) >= 11 is 0. The summed E-state index contributed by atoms with van der Waals surface area (Å²) in [6.45, 7) is 3.16. The first kappa shape index (κ1) is 20.1. The molecule has 0 radical (unpaired) electrons. The van der Waals surface area contributed by atoms with E-state index in [2.05, 4.69) is 0 Å². The number of nitrogens with zero attached hydrogens (tertiary/aromatic N) is 2. The lowest BCUT2D eigenvalue weighted by Gasteiger charge is -2.23. The largest absolute Gasteiger partial charge is 0.486 e. The number of carbonyl (C=O) groups is 2. The monoisotopic (exact) mass is 400 g/mol. The van der Waals surface area contributed by atoms with Crippen LogP contribution in [0.5, 0.6) is 11.5 Å². The summed E-state index contributed by atoms with van der Waals surface area (Å²) in [5.41, 5.74) is 0.874. The molecule has 1 heterocycles. The maximum atomic E-state index is 12.5. The van der Waals surface area contributed by atoms with Crippen LogP contribution in [-0.4, -0.2) is 48.1 Å². The van der Waals surface area contributed by atoms with Gasteiger partial charge in [0.25, 0.3) is 11.6 Å². The fraction of sp³-hybridized carbons (Fsp3) is 0.300. The number of hydrogen-bond acceptors (Lipinski definition) is 7. The molecule has 0 atom stereocenters. The number of carbonyl (C=O) groups excluding carboxylic acids is 2. The Bertz CT molecular complexity index is 912. The van der Waals surface area contributed by atoms with Gasteiger partial charge in [0, 0.05) is 25.2 Å². The van der Waals surface area contributed by atoms with E-state index in [1.54, 1.807) is 11.0 Å². The molecule has 152 valence electrons. The molecule has 0 saturated carbocycles. The molecular formula is C20H20N2O7. The number of ether oxygens (including phenoxy) is 3. The smallest absolute Gasteiger partial charge is 0.338 e. The second kappa shape index (κ2) is 9.05. The molecule has 3 rings (SSSR count). The van der Waals surface area contributed by atoms with Gasteiger partial charge in [0.15, 0.2) is 18.1 Å². The lowest BCUT2D eigenvalue weighted by Crippen LogP contribution is -2.34. The van der Waals surface area contributed by atoms with E-state index in [1.807, 2.05) is 19.1 Å². The van der Waals surface area contributed by atoms with Crippen molar-refractivity contribution in [2.45, 2.75) is 13.5 Å². The molecule has 9 heteroatoms. The Morgan fingerprint density at radius 2 is 1.79 bits per heavy atom. The van der Waals surface area contributed by atoms with Gasteiger partial charge < -0.3 is 19.1 Å².